The van der Waals surface area contributed by atoms with Gasteiger partial charge >= 0.3 is 5.97 Å². The van der Waals surface area contributed by atoms with Crippen molar-refractivity contribution in [2.75, 3.05) is 37.0 Å². The molecule has 3 heterocycles. The molecule has 12 heteroatoms. The maximum atomic E-state index is 14.1. The van der Waals surface area contributed by atoms with Crippen molar-refractivity contribution in [3.05, 3.63) is 28.2 Å². The largest absolute Gasteiger partial charge is 0.477 e. The third kappa shape index (κ3) is 6.33. The Labute approximate surface area is 241 Å². The Bertz CT molecular complexity index is 1320. The van der Waals surface area contributed by atoms with Gasteiger partial charge in [-0.2, -0.15) is 4.31 Å². The number of carbonyl (C=O) groups is 2. The highest BCUT2D eigenvalue weighted by atomic mass is 32.2. The number of amides is 1. The van der Waals surface area contributed by atoms with Crippen LogP contribution < -0.4 is 9.80 Å². The van der Waals surface area contributed by atoms with E-state index in [2.05, 4.69) is 16.9 Å². The number of thiophene rings is 1. The third-order valence-corrected chi connectivity index (χ3v) is 11.3. The molecule has 1 N–H and O–H groups in total. The first-order chi connectivity index (χ1) is 18.7. The van der Waals surface area contributed by atoms with E-state index in [1.807, 2.05) is 26.8 Å². The molecule has 40 heavy (non-hydrogen) atoms. The van der Waals surface area contributed by atoms with Crippen molar-refractivity contribution in [1.29, 1.82) is 0 Å². The van der Waals surface area contributed by atoms with Crippen LogP contribution in [-0.2, 0) is 20.2 Å². The number of carbonyl (C=O) groups excluding carboxylic acids is 1. The van der Waals surface area contributed by atoms with Crippen LogP contribution in [0.25, 0.3) is 0 Å². The Morgan fingerprint density at radius 2 is 1.60 bits per heavy atom. The number of anilines is 2. The molecule has 2 aliphatic rings. The van der Waals surface area contributed by atoms with Crippen LogP contribution in [0, 0.1) is 11.8 Å². The summed E-state index contributed by atoms with van der Waals surface area (Å²) in [5, 5.41) is 10.1. The molecule has 0 radical (unpaired) electrons. The summed E-state index contributed by atoms with van der Waals surface area (Å²) in [7, 11) is -0.246. The number of carboxylic acids is 1. The maximum Gasteiger partial charge on any atom is 0.348 e. The summed E-state index contributed by atoms with van der Waals surface area (Å²) in [4.78, 5) is 39.3. The zero-order valence-electron chi connectivity index (χ0n) is 24.3. The summed E-state index contributed by atoms with van der Waals surface area (Å²) in [6, 6.07) is 1.57. The van der Waals surface area contributed by atoms with E-state index in [9.17, 15) is 23.1 Å². The van der Waals surface area contributed by atoms with Gasteiger partial charge in [-0.1, -0.05) is 27.7 Å². The predicted molar refractivity (Wildman–Crippen MR) is 157 cm³/mol. The quantitative estimate of drug-likeness (QED) is 0.495. The zero-order chi connectivity index (χ0) is 29.4. The van der Waals surface area contributed by atoms with Crippen molar-refractivity contribution in [2.24, 2.45) is 11.8 Å². The summed E-state index contributed by atoms with van der Waals surface area (Å²) in [6.07, 6.45) is 6.96. The van der Waals surface area contributed by atoms with Crippen LogP contribution in [0.2, 0.25) is 0 Å². The summed E-state index contributed by atoms with van der Waals surface area (Å²) >= 11 is 1.22. The van der Waals surface area contributed by atoms with Crippen molar-refractivity contribution in [2.45, 2.75) is 82.6 Å². The first kappa shape index (κ1) is 30.4. The monoisotopic (exact) mass is 591 g/mol. The number of rotatable bonds is 7. The second-order valence-electron chi connectivity index (χ2n) is 12.3. The van der Waals surface area contributed by atoms with Crippen LogP contribution >= 0.6 is 11.3 Å². The number of hydrogen-bond donors (Lipinski definition) is 1. The van der Waals surface area contributed by atoms with E-state index in [0.29, 0.717) is 30.4 Å². The average molecular weight is 592 g/mol. The van der Waals surface area contributed by atoms with Gasteiger partial charge in [0.25, 0.3) is 0 Å². The number of carboxylic acid groups (broad SMARTS) is 1. The molecule has 0 bridgehead atoms. The van der Waals surface area contributed by atoms with Gasteiger partial charge in [0.1, 0.15) is 9.77 Å². The van der Waals surface area contributed by atoms with Crippen LogP contribution in [0.4, 0.5) is 11.6 Å². The lowest BCUT2D eigenvalue weighted by Crippen LogP contribution is -2.51. The molecule has 1 amide bonds. The predicted octanol–water partition coefficient (Wildman–Crippen LogP) is 4.61. The highest BCUT2D eigenvalue weighted by Gasteiger charge is 2.39. The van der Waals surface area contributed by atoms with E-state index in [1.54, 1.807) is 23.9 Å². The first-order valence-electron chi connectivity index (χ1n) is 13.9. The van der Waals surface area contributed by atoms with Crippen LogP contribution in [0.15, 0.2) is 23.4 Å². The normalized spacial score (nSPS) is 21.2. The van der Waals surface area contributed by atoms with E-state index < -0.39 is 16.0 Å². The molecular weight excluding hydrogens is 550 g/mol. The molecule has 1 saturated heterocycles. The van der Waals surface area contributed by atoms with E-state index in [4.69, 9.17) is 0 Å². The van der Waals surface area contributed by atoms with Crippen molar-refractivity contribution in [3.63, 3.8) is 0 Å². The Morgan fingerprint density at radius 1 is 1.02 bits per heavy atom. The van der Waals surface area contributed by atoms with Gasteiger partial charge in [0.05, 0.1) is 18.1 Å². The molecule has 1 aliphatic heterocycles. The van der Waals surface area contributed by atoms with Gasteiger partial charge in [0.2, 0.25) is 21.9 Å². The van der Waals surface area contributed by atoms with Crippen LogP contribution in [0.5, 0.6) is 0 Å². The molecule has 0 unspecified atom stereocenters. The van der Waals surface area contributed by atoms with Crippen molar-refractivity contribution < 1.29 is 23.1 Å². The van der Waals surface area contributed by atoms with Gasteiger partial charge in [0.15, 0.2) is 0 Å². The average Bonchev–Trinajstić information content (AvgIpc) is 3.36. The highest BCUT2D eigenvalue weighted by molar-refractivity contribution is 7.89. The Balaban J connectivity index is 1.62. The molecule has 1 saturated carbocycles. The Kier molecular flexibility index (Phi) is 8.91. The van der Waals surface area contributed by atoms with Crippen LogP contribution in [-0.4, -0.2) is 72.9 Å². The number of sulfonamides is 1. The summed E-state index contributed by atoms with van der Waals surface area (Å²) < 4.78 is 28.1. The number of aromatic carboxylic acids is 1. The second-order valence-corrected chi connectivity index (χ2v) is 15.3. The van der Waals surface area contributed by atoms with E-state index >= 15 is 0 Å². The molecular formula is C28H41N5O5S2. The summed E-state index contributed by atoms with van der Waals surface area (Å²) in [6.45, 7) is 8.72. The summed E-state index contributed by atoms with van der Waals surface area (Å²) in [5.74, 6) is -0.258. The fourth-order valence-corrected chi connectivity index (χ4v) is 7.85. The van der Waals surface area contributed by atoms with Gasteiger partial charge in [-0.3, -0.25) is 4.79 Å². The third-order valence-electron chi connectivity index (χ3n) is 7.95. The van der Waals surface area contributed by atoms with Gasteiger partial charge in [-0.15, -0.1) is 11.3 Å². The lowest BCUT2D eigenvalue weighted by molar-refractivity contribution is -0.124. The Morgan fingerprint density at radius 3 is 2.10 bits per heavy atom. The Hall–Kier alpha value is -2.57. The molecule has 220 valence electrons. The van der Waals surface area contributed by atoms with Crippen LogP contribution in [0.3, 0.4) is 0 Å². The molecule has 0 atom stereocenters. The van der Waals surface area contributed by atoms with E-state index in [0.717, 1.165) is 30.6 Å². The SMILES string of the molecule is CC1CCC(C(=O)N(c2cc(C(C)(C)C)sc2C(=O)O)C2CCN(S(=O)(=O)c3cnc(N(C)C)nc3)CC2)CC1. The fourth-order valence-electron chi connectivity index (χ4n) is 5.45. The zero-order valence-corrected chi connectivity index (χ0v) is 25.9. The molecule has 0 spiro atoms. The number of hydrogen-bond acceptors (Lipinski definition) is 8. The molecule has 2 aromatic heterocycles. The summed E-state index contributed by atoms with van der Waals surface area (Å²) in [5.41, 5.74) is 0.170. The fraction of sp³-hybridized carbons (Fsp3) is 0.643. The minimum atomic E-state index is -3.81. The minimum Gasteiger partial charge on any atom is -0.477 e. The highest BCUT2D eigenvalue weighted by Crippen LogP contribution is 2.41. The lowest BCUT2D eigenvalue weighted by atomic mass is 9.82. The van der Waals surface area contributed by atoms with Crippen molar-refractivity contribution >= 4 is 44.9 Å². The molecule has 1 aliphatic carbocycles. The van der Waals surface area contributed by atoms with Gasteiger partial charge in [0, 0.05) is 44.0 Å². The maximum absolute atomic E-state index is 14.1. The molecule has 0 aromatic carbocycles. The molecule has 10 nitrogen and oxygen atoms in total. The van der Waals surface area contributed by atoms with Gasteiger partial charge in [-0.05, 0) is 55.9 Å². The second kappa shape index (κ2) is 11.7. The lowest BCUT2D eigenvalue weighted by Gasteiger charge is -2.40. The molecule has 2 fully saturated rings. The van der Waals surface area contributed by atoms with E-state index in [-0.39, 0.29) is 46.1 Å². The van der Waals surface area contributed by atoms with Crippen molar-refractivity contribution in [1.82, 2.24) is 14.3 Å². The topological polar surface area (TPSA) is 124 Å². The molecule has 4 rings (SSSR count). The number of nitrogens with zero attached hydrogens (tertiary/aromatic N) is 5. The van der Waals surface area contributed by atoms with Gasteiger partial charge < -0.3 is 14.9 Å². The molecule has 2 aromatic rings. The number of piperidine rings is 1. The number of aromatic nitrogens is 2. The van der Waals surface area contributed by atoms with E-state index in [1.165, 1.54) is 28.0 Å². The smallest absolute Gasteiger partial charge is 0.348 e. The standard InChI is InChI=1S/C28H41N5O5S2/c1-18-7-9-19(10-8-18)25(34)33(22-15-23(28(2,3)4)39-24(22)26(35)36)20-11-13-32(14-12-20)40(37,38)21-16-29-27(30-17-21)31(5)6/h15-20H,7-14H2,1-6H3,(H,35,36). The van der Waals surface area contributed by atoms with Crippen molar-refractivity contribution in [3.8, 4) is 0 Å². The minimum absolute atomic E-state index is 0.0293. The van der Waals surface area contributed by atoms with Crippen LogP contribution in [0.1, 0.15) is 80.8 Å². The first-order valence-corrected chi connectivity index (χ1v) is 16.2. The van der Waals surface area contributed by atoms with Gasteiger partial charge in [-0.25, -0.2) is 23.2 Å².